The molecule has 1 aromatic heterocycles. The number of hydrogen-bond acceptors (Lipinski definition) is 4. The van der Waals surface area contributed by atoms with Gasteiger partial charge in [-0.15, -0.1) is 0 Å². The van der Waals surface area contributed by atoms with Crippen LogP contribution >= 0.6 is 0 Å². The molecule has 1 saturated heterocycles. The highest BCUT2D eigenvalue weighted by molar-refractivity contribution is 5.73. The van der Waals surface area contributed by atoms with Crippen molar-refractivity contribution < 1.29 is 4.79 Å². The topological polar surface area (TPSA) is 69.0 Å². The SMILES string of the molecule is CCC[C@@H]1CN(c2ccc(C#N)cn2)C[C@H]1NC(C)=O. The Bertz CT molecular complexity index is 506. The summed E-state index contributed by atoms with van der Waals surface area (Å²) in [5.74, 6) is 1.35. The third-order valence-electron chi connectivity index (χ3n) is 3.69. The summed E-state index contributed by atoms with van der Waals surface area (Å²) >= 11 is 0. The van der Waals surface area contributed by atoms with Crippen molar-refractivity contribution in [3.8, 4) is 6.07 Å². The van der Waals surface area contributed by atoms with Crippen LogP contribution in [0.5, 0.6) is 0 Å². The van der Waals surface area contributed by atoms with Crippen molar-refractivity contribution in [2.75, 3.05) is 18.0 Å². The van der Waals surface area contributed by atoms with Crippen LogP contribution in [0.1, 0.15) is 32.3 Å². The molecule has 2 rings (SSSR count). The van der Waals surface area contributed by atoms with Gasteiger partial charge < -0.3 is 10.2 Å². The predicted molar refractivity (Wildman–Crippen MR) is 77.2 cm³/mol. The zero-order chi connectivity index (χ0) is 14.5. The van der Waals surface area contributed by atoms with Gasteiger partial charge in [0.15, 0.2) is 0 Å². The zero-order valence-corrected chi connectivity index (χ0v) is 12.0. The molecule has 0 aromatic carbocycles. The minimum Gasteiger partial charge on any atom is -0.354 e. The van der Waals surface area contributed by atoms with Crippen molar-refractivity contribution in [1.29, 1.82) is 5.26 Å². The van der Waals surface area contributed by atoms with Crippen LogP contribution in [0.4, 0.5) is 5.82 Å². The Labute approximate surface area is 119 Å². The lowest BCUT2D eigenvalue weighted by Gasteiger charge is -2.17. The lowest BCUT2D eigenvalue weighted by Crippen LogP contribution is -2.39. The van der Waals surface area contributed by atoms with E-state index in [0.717, 1.165) is 31.7 Å². The van der Waals surface area contributed by atoms with Gasteiger partial charge in [0, 0.05) is 26.2 Å². The maximum Gasteiger partial charge on any atom is 0.217 e. The second kappa shape index (κ2) is 6.38. The number of rotatable bonds is 4. The maximum atomic E-state index is 11.3. The number of carbonyl (C=O) groups is 1. The second-order valence-corrected chi connectivity index (χ2v) is 5.28. The first-order chi connectivity index (χ1) is 9.63. The van der Waals surface area contributed by atoms with Gasteiger partial charge >= 0.3 is 0 Å². The first-order valence-corrected chi connectivity index (χ1v) is 7.02. The maximum absolute atomic E-state index is 11.3. The highest BCUT2D eigenvalue weighted by atomic mass is 16.1. The van der Waals surface area contributed by atoms with Gasteiger partial charge in [-0.2, -0.15) is 5.26 Å². The third kappa shape index (κ3) is 3.27. The quantitative estimate of drug-likeness (QED) is 0.905. The fourth-order valence-electron chi connectivity index (χ4n) is 2.79. The molecule has 0 radical (unpaired) electrons. The molecule has 2 heterocycles. The second-order valence-electron chi connectivity index (χ2n) is 5.28. The highest BCUT2D eigenvalue weighted by Gasteiger charge is 2.33. The van der Waals surface area contributed by atoms with E-state index >= 15 is 0 Å². The molecule has 1 N–H and O–H groups in total. The number of pyridine rings is 1. The van der Waals surface area contributed by atoms with Crippen molar-refractivity contribution in [2.45, 2.75) is 32.7 Å². The molecular weight excluding hydrogens is 252 g/mol. The lowest BCUT2D eigenvalue weighted by atomic mass is 9.98. The van der Waals surface area contributed by atoms with Crippen LogP contribution in [0.2, 0.25) is 0 Å². The minimum absolute atomic E-state index is 0.0192. The van der Waals surface area contributed by atoms with Crippen LogP contribution in [0.3, 0.4) is 0 Å². The summed E-state index contributed by atoms with van der Waals surface area (Å²) in [6, 6.07) is 5.91. The van der Waals surface area contributed by atoms with E-state index in [9.17, 15) is 4.79 Å². The molecule has 0 unspecified atom stereocenters. The van der Waals surface area contributed by atoms with Crippen LogP contribution in [0.25, 0.3) is 0 Å². The smallest absolute Gasteiger partial charge is 0.217 e. The molecule has 5 nitrogen and oxygen atoms in total. The lowest BCUT2D eigenvalue weighted by molar-refractivity contribution is -0.119. The van der Waals surface area contributed by atoms with E-state index < -0.39 is 0 Å². The van der Waals surface area contributed by atoms with Crippen LogP contribution in [-0.2, 0) is 4.79 Å². The van der Waals surface area contributed by atoms with Crippen LogP contribution in [0, 0.1) is 17.2 Å². The number of anilines is 1. The molecule has 1 fully saturated rings. The molecule has 0 aliphatic carbocycles. The Hall–Kier alpha value is -2.09. The van der Waals surface area contributed by atoms with Gasteiger partial charge in [-0.3, -0.25) is 4.79 Å². The van der Waals surface area contributed by atoms with Gasteiger partial charge in [0.05, 0.1) is 11.6 Å². The Morgan fingerprint density at radius 3 is 2.90 bits per heavy atom. The van der Waals surface area contributed by atoms with Crippen molar-refractivity contribution in [3.63, 3.8) is 0 Å². The monoisotopic (exact) mass is 272 g/mol. The summed E-state index contributed by atoms with van der Waals surface area (Å²) in [4.78, 5) is 17.8. The van der Waals surface area contributed by atoms with E-state index in [2.05, 4.69) is 28.2 Å². The van der Waals surface area contributed by atoms with Crippen LogP contribution in [0.15, 0.2) is 18.3 Å². The average Bonchev–Trinajstić information content (AvgIpc) is 2.82. The molecule has 20 heavy (non-hydrogen) atoms. The van der Waals surface area contributed by atoms with E-state index in [1.165, 1.54) is 0 Å². The molecular formula is C15H20N4O. The first-order valence-electron chi connectivity index (χ1n) is 7.02. The number of hydrogen-bond donors (Lipinski definition) is 1. The van der Waals surface area contributed by atoms with Gasteiger partial charge in [0.25, 0.3) is 0 Å². The first kappa shape index (κ1) is 14.3. The minimum atomic E-state index is 0.0192. The van der Waals surface area contributed by atoms with Gasteiger partial charge in [0.2, 0.25) is 5.91 Å². The number of nitriles is 1. The molecule has 1 aliphatic heterocycles. The van der Waals surface area contributed by atoms with Gasteiger partial charge in [0.1, 0.15) is 11.9 Å². The van der Waals surface area contributed by atoms with E-state index in [1.54, 1.807) is 19.2 Å². The number of aromatic nitrogens is 1. The van der Waals surface area contributed by atoms with Crippen LogP contribution < -0.4 is 10.2 Å². The Morgan fingerprint density at radius 2 is 2.35 bits per heavy atom. The number of nitrogens with one attached hydrogen (secondary N) is 1. The van der Waals surface area contributed by atoms with Gasteiger partial charge in [-0.05, 0) is 24.5 Å². The molecule has 1 aliphatic rings. The molecule has 5 heteroatoms. The highest BCUT2D eigenvalue weighted by Crippen LogP contribution is 2.25. The molecule has 106 valence electrons. The summed E-state index contributed by atoms with van der Waals surface area (Å²) in [5.41, 5.74) is 0.566. The molecule has 0 saturated carbocycles. The molecule has 2 atom stereocenters. The van der Waals surface area contributed by atoms with E-state index in [1.807, 2.05) is 6.07 Å². The van der Waals surface area contributed by atoms with E-state index in [-0.39, 0.29) is 11.9 Å². The predicted octanol–water partition coefficient (Wildman–Crippen LogP) is 1.69. The third-order valence-corrected chi connectivity index (χ3v) is 3.69. The number of nitrogens with zero attached hydrogens (tertiary/aromatic N) is 3. The molecule has 1 amide bonds. The van der Waals surface area contributed by atoms with Crippen LogP contribution in [-0.4, -0.2) is 30.0 Å². The number of carbonyl (C=O) groups excluding carboxylic acids is 1. The standard InChI is InChI=1S/C15H20N4O/c1-3-4-13-9-19(10-14(13)18-11(2)20)15-6-5-12(7-16)8-17-15/h5-6,8,13-14H,3-4,9-10H2,1-2H3,(H,18,20)/t13-,14-/m1/s1. The molecule has 0 spiro atoms. The van der Waals surface area contributed by atoms with Crippen molar-refractivity contribution in [2.24, 2.45) is 5.92 Å². The van der Waals surface area contributed by atoms with Crippen molar-refractivity contribution in [3.05, 3.63) is 23.9 Å². The fourth-order valence-corrected chi connectivity index (χ4v) is 2.79. The van der Waals surface area contributed by atoms with E-state index in [0.29, 0.717) is 11.5 Å². The van der Waals surface area contributed by atoms with Gasteiger partial charge in [-0.25, -0.2) is 4.98 Å². The Kier molecular flexibility index (Phi) is 4.57. The number of amides is 1. The van der Waals surface area contributed by atoms with Gasteiger partial charge in [-0.1, -0.05) is 13.3 Å². The summed E-state index contributed by atoms with van der Waals surface area (Å²) in [5, 5.41) is 11.8. The van der Waals surface area contributed by atoms with E-state index in [4.69, 9.17) is 5.26 Å². The summed E-state index contributed by atoms with van der Waals surface area (Å²) in [6.45, 7) is 5.40. The Balaban J connectivity index is 2.09. The Morgan fingerprint density at radius 1 is 1.55 bits per heavy atom. The van der Waals surface area contributed by atoms with Crippen molar-refractivity contribution in [1.82, 2.24) is 10.3 Å². The fraction of sp³-hybridized carbons (Fsp3) is 0.533. The summed E-state index contributed by atoms with van der Waals surface area (Å²) < 4.78 is 0. The van der Waals surface area contributed by atoms with Crippen molar-refractivity contribution >= 4 is 11.7 Å². The largest absolute Gasteiger partial charge is 0.354 e. The average molecular weight is 272 g/mol. The normalized spacial score (nSPS) is 21.6. The zero-order valence-electron chi connectivity index (χ0n) is 12.0. The summed E-state index contributed by atoms with van der Waals surface area (Å²) in [7, 11) is 0. The molecule has 1 aromatic rings. The summed E-state index contributed by atoms with van der Waals surface area (Å²) in [6.07, 6.45) is 3.79. The molecule has 0 bridgehead atoms.